The van der Waals surface area contributed by atoms with E-state index >= 15 is 0 Å². The van der Waals surface area contributed by atoms with Crippen molar-refractivity contribution in [3.05, 3.63) is 11.6 Å². The number of carbonyl (C=O) groups excluding carboxylic acids is 1. The molecule has 0 amide bonds. The van der Waals surface area contributed by atoms with Crippen LogP contribution < -0.4 is 0 Å². The Morgan fingerprint density at radius 2 is 2.05 bits per heavy atom. The molecule has 118 valence electrons. The second-order valence-corrected chi connectivity index (χ2v) is 6.74. The van der Waals surface area contributed by atoms with Gasteiger partial charge < -0.3 is 24.8 Å². The monoisotopic (exact) mass is 298 g/mol. The largest absolute Gasteiger partial charge is 0.463 e. The average Bonchev–Trinajstić information content (AvgIpc) is 2.66. The van der Waals surface area contributed by atoms with Crippen LogP contribution in [0.2, 0.25) is 0 Å². The van der Waals surface area contributed by atoms with Crippen LogP contribution in [0.4, 0.5) is 0 Å². The minimum absolute atomic E-state index is 0.0738. The molecule has 2 fully saturated rings. The molecule has 1 aliphatic carbocycles. The molecule has 3 rings (SSSR count). The van der Waals surface area contributed by atoms with E-state index in [1.165, 1.54) is 6.92 Å². The third-order valence-electron chi connectivity index (χ3n) is 5.53. The van der Waals surface area contributed by atoms with E-state index in [2.05, 4.69) is 0 Å². The Kier molecular flexibility index (Phi) is 3.22. The summed E-state index contributed by atoms with van der Waals surface area (Å²) in [4.78, 5) is 12.0. The van der Waals surface area contributed by atoms with Gasteiger partial charge in [0, 0.05) is 5.92 Å². The Labute approximate surface area is 123 Å². The van der Waals surface area contributed by atoms with Crippen LogP contribution in [0.1, 0.15) is 27.2 Å². The predicted molar refractivity (Wildman–Crippen MR) is 71.9 cm³/mol. The molecule has 3 aliphatic rings. The van der Waals surface area contributed by atoms with Gasteiger partial charge in [-0.1, -0.05) is 13.0 Å². The number of rotatable bonds is 0. The van der Waals surface area contributed by atoms with Crippen LogP contribution in [0.15, 0.2) is 11.6 Å². The zero-order valence-electron chi connectivity index (χ0n) is 12.4. The number of allylic oxidation sites excluding steroid dienone is 1. The lowest BCUT2D eigenvalue weighted by Crippen LogP contribution is -2.61. The molecule has 3 N–H and O–H groups in total. The third-order valence-corrected chi connectivity index (χ3v) is 5.53. The van der Waals surface area contributed by atoms with Crippen molar-refractivity contribution in [2.75, 3.05) is 6.61 Å². The molecule has 0 aromatic carbocycles. The Morgan fingerprint density at radius 3 is 2.71 bits per heavy atom. The Morgan fingerprint density at radius 1 is 1.38 bits per heavy atom. The van der Waals surface area contributed by atoms with Crippen molar-refractivity contribution in [1.82, 2.24) is 0 Å². The van der Waals surface area contributed by atoms with E-state index in [9.17, 15) is 20.1 Å². The summed E-state index contributed by atoms with van der Waals surface area (Å²) in [5.41, 5.74) is -0.450. The number of fused-ring (bicyclic) bond motifs is 2. The van der Waals surface area contributed by atoms with Gasteiger partial charge in [0.2, 0.25) is 0 Å². The third kappa shape index (κ3) is 1.76. The Bertz CT molecular complexity index is 498. The van der Waals surface area contributed by atoms with Gasteiger partial charge in [-0.05, 0) is 31.8 Å². The zero-order chi connectivity index (χ0) is 15.6. The van der Waals surface area contributed by atoms with E-state index < -0.39 is 41.4 Å². The molecule has 6 heteroatoms. The van der Waals surface area contributed by atoms with Crippen molar-refractivity contribution in [3.8, 4) is 0 Å². The fourth-order valence-electron chi connectivity index (χ4n) is 4.31. The number of carbonyl (C=O) groups is 1. The molecule has 7 atom stereocenters. The van der Waals surface area contributed by atoms with Gasteiger partial charge in [0.1, 0.15) is 6.10 Å². The molecule has 2 saturated heterocycles. The fourth-order valence-corrected chi connectivity index (χ4v) is 4.31. The van der Waals surface area contributed by atoms with Gasteiger partial charge in [-0.25, -0.2) is 4.79 Å². The van der Waals surface area contributed by atoms with E-state index in [0.29, 0.717) is 12.0 Å². The number of aliphatic hydroxyl groups excluding tert-OH is 2. The van der Waals surface area contributed by atoms with Crippen LogP contribution in [0.25, 0.3) is 0 Å². The highest BCUT2D eigenvalue weighted by molar-refractivity contribution is 5.77. The van der Waals surface area contributed by atoms with Crippen LogP contribution in [0, 0.1) is 17.3 Å². The molecule has 0 bridgehead atoms. The van der Waals surface area contributed by atoms with Gasteiger partial charge in [-0.15, -0.1) is 0 Å². The first kappa shape index (κ1) is 15.0. The van der Waals surface area contributed by atoms with E-state index in [1.807, 2.05) is 13.0 Å². The summed E-state index contributed by atoms with van der Waals surface area (Å²) in [5.74, 6) is -2.70. The minimum Gasteiger partial charge on any atom is -0.463 e. The number of hydrogen-bond acceptors (Lipinski definition) is 6. The summed E-state index contributed by atoms with van der Waals surface area (Å²) < 4.78 is 10.6. The molecule has 0 aromatic heterocycles. The fraction of sp³-hybridized carbons (Fsp3) is 0.800. The second kappa shape index (κ2) is 4.52. The summed E-state index contributed by atoms with van der Waals surface area (Å²) in [6.45, 7) is 5.32. The first-order valence-corrected chi connectivity index (χ1v) is 7.32. The Hall–Kier alpha value is -0.950. The zero-order valence-corrected chi connectivity index (χ0v) is 12.4. The standard InChI is InChI=1S/C15H22O6/c1-7-4-5-15(12(17)10(7)16)9-8(2)6-20-13(18)11(9)21-14(15,3)19/h4,8-12,16-17,19H,5-6H2,1-3H3/t8-,9+,10+,11+,12+,14-,15+/m1/s1. The van der Waals surface area contributed by atoms with Crippen LogP contribution in [0.5, 0.6) is 0 Å². The van der Waals surface area contributed by atoms with Crippen molar-refractivity contribution >= 4 is 5.97 Å². The number of hydrogen-bond donors (Lipinski definition) is 3. The van der Waals surface area contributed by atoms with Gasteiger partial charge in [-0.2, -0.15) is 0 Å². The summed E-state index contributed by atoms with van der Waals surface area (Å²) >= 11 is 0. The van der Waals surface area contributed by atoms with Crippen LogP contribution in [-0.4, -0.2) is 52.0 Å². The lowest BCUT2D eigenvalue weighted by molar-refractivity contribution is -0.259. The highest BCUT2D eigenvalue weighted by Gasteiger charge is 2.71. The number of esters is 1. The first-order chi connectivity index (χ1) is 9.72. The number of cyclic esters (lactones) is 1. The first-order valence-electron chi connectivity index (χ1n) is 7.32. The lowest BCUT2D eigenvalue weighted by atomic mass is 9.57. The van der Waals surface area contributed by atoms with Gasteiger partial charge >= 0.3 is 5.97 Å². The molecule has 0 radical (unpaired) electrons. The summed E-state index contributed by atoms with van der Waals surface area (Å²) in [5, 5.41) is 31.7. The number of aliphatic hydroxyl groups is 3. The van der Waals surface area contributed by atoms with Gasteiger partial charge in [0.15, 0.2) is 11.9 Å². The molecule has 0 unspecified atom stereocenters. The molecule has 0 saturated carbocycles. The molecule has 2 aliphatic heterocycles. The summed E-state index contributed by atoms with van der Waals surface area (Å²) in [7, 11) is 0. The molecule has 21 heavy (non-hydrogen) atoms. The van der Waals surface area contributed by atoms with Gasteiger partial charge in [-0.3, -0.25) is 0 Å². The molecule has 6 nitrogen and oxygen atoms in total. The predicted octanol–water partition coefficient (Wildman–Crippen LogP) is -0.0390. The Balaban J connectivity index is 2.12. The maximum Gasteiger partial charge on any atom is 0.335 e. The van der Waals surface area contributed by atoms with Crippen LogP contribution in [0.3, 0.4) is 0 Å². The highest BCUT2D eigenvalue weighted by atomic mass is 16.7. The molecular formula is C15H22O6. The van der Waals surface area contributed by atoms with Crippen molar-refractivity contribution in [2.45, 2.75) is 51.3 Å². The number of ether oxygens (including phenoxy) is 2. The molecular weight excluding hydrogens is 276 g/mol. The van der Waals surface area contributed by atoms with Crippen molar-refractivity contribution in [1.29, 1.82) is 0 Å². The quantitative estimate of drug-likeness (QED) is 0.429. The normalized spacial score (nSPS) is 53.3. The van der Waals surface area contributed by atoms with E-state index in [-0.39, 0.29) is 12.5 Å². The molecule has 2 heterocycles. The topological polar surface area (TPSA) is 96.2 Å². The lowest BCUT2D eigenvalue weighted by Gasteiger charge is -2.50. The van der Waals surface area contributed by atoms with Crippen LogP contribution in [-0.2, 0) is 14.3 Å². The molecule has 0 aromatic rings. The van der Waals surface area contributed by atoms with E-state index in [4.69, 9.17) is 9.47 Å². The highest BCUT2D eigenvalue weighted by Crippen LogP contribution is 2.60. The maximum absolute atomic E-state index is 12.0. The smallest absolute Gasteiger partial charge is 0.335 e. The van der Waals surface area contributed by atoms with Crippen LogP contribution >= 0.6 is 0 Å². The minimum atomic E-state index is -1.71. The van der Waals surface area contributed by atoms with Crippen molar-refractivity contribution in [2.24, 2.45) is 17.3 Å². The van der Waals surface area contributed by atoms with Gasteiger partial charge in [0.25, 0.3) is 0 Å². The summed E-state index contributed by atoms with van der Waals surface area (Å²) in [6.07, 6.45) is -1.01. The van der Waals surface area contributed by atoms with Gasteiger partial charge in [0.05, 0.1) is 18.1 Å². The average molecular weight is 298 g/mol. The van der Waals surface area contributed by atoms with E-state index in [0.717, 1.165) is 0 Å². The van der Waals surface area contributed by atoms with Crippen molar-refractivity contribution in [3.63, 3.8) is 0 Å². The second-order valence-electron chi connectivity index (χ2n) is 6.74. The van der Waals surface area contributed by atoms with Crippen molar-refractivity contribution < 1.29 is 29.6 Å². The molecule has 1 spiro atoms. The SMILES string of the molecule is CC1=CC[C@]2([C@H]3[C@H](C)COC(=O)[C@H]3O[C@@]2(C)O)[C@@H](O)[C@H]1O. The maximum atomic E-state index is 12.0. The van der Waals surface area contributed by atoms with E-state index in [1.54, 1.807) is 6.92 Å². The summed E-state index contributed by atoms with van der Waals surface area (Å²) in [6, 6.07) is 0.